The van der Waals surface area contributed by atoms with E-state index < -0.39 is 0 Å². The van der Waals surface area contributed by atoms with Crippen LogP contribution in [0.15, 0.2) is 24.3 Å². The number of benzene rings is 1. The Balaban J connectivity index is 1.88. The van der Waals surface area contributed by atoms with Crippen molar-refractivity contribution in [3.63, 3.8) is 0 Å². The van der Waals surface area contributed by atoms with Crippen LogP contribution in [-0.4, -0.2) is 31.6 Å². The summed E-state index contributed by atoms with van der Waals surface area (Å²) in [6, 6.07) is 7.04. The molecule has 1 aromatic carbocycles. The number of hydrogen-bond donors (Lipinski definition) is 1. The van der Waals surface area contributed by atoms with Crippen LogP contribution < -0.4 is 5.32 Å². The fraction of sp³-hybridized carbons (Fsp3) is 0.429. The van der Waals surface area contributed by atoms with Crippen LogP contribution in [0.4, 0.5) is 4.39 Å². The van der Waals surface area contributed by atoms with Crippen LogP contribution in [0.5, 0.6) is 0 Å². The van der Waals surface area contributed by atoms with Gasteiger partial charge in [0.25, 0.3) is 0 Å². The maximum Gasteiger partial charge on any atom is 0.123 e. The molecule has 0 saturated heterocycles. The summed E-state index contributed by atoms with van der Waals surface area (Å²) < 4.78 is 14.2. The first kappa shape index (κ1) is 13.5. The number of halogens is 1. The topological polar surface area (TPSA) is 15.3 Å². The molecule has 2 nitrogen and oxygen atoms in total. The van der Waals surface area contributed by atoms with Crippen LogP contribution in [0.3, 0.4) is 0 Å². The number of fused-ring (bicyclic) bond motifs is 1. The normalized spacial score (nSPS) is 11.6. The molecule has 18 heavy (non-hydrogen) atoms. The van der Waals surface area contributed by atoms with Gasteiger partial charge in [0.05, 0.1) is 0 Å². The molecule has 0 aliphatic carbocycles. The lowest BCUT2D eigenvalue weighted by Crippen LogP contribution is -2.28. The van der Waals surface area contributed by atoms with Crippen molar-refractivity contribution in [2.45, 2.75) is 13.5 Å². The average Bonchev–Trinajstić information content (AvgIpc) is 2.76. The molecule has 1 heterocycles. The number of hydrogen-bond acceptors (Lipinski definition) is 3. The molecule has 98 valence electrons. The van der Waals surface area contributed by atoms with E-state index in [-0.39, 0.29) is 5.82 Å². The van der Waals surface area contributed by atoms with Crippen molar-refractivity contribution < 1.29 is 4.39 Å². The van der Waals surface area contributed by atoms with Crippen molar-refractivity contribution in [3.8, 4) is 0 Å². The zero-order valence-electron chi connectivity index (χ0n) is 10.9. The molecule has 0 radical (unpaired) electrons. The Morgan fingerprint density at radius 2 is 2.17 bits per heavy atom. The Hall–Kier alpha value is -0.970. The van der Waals surface area contributed by atoms with E-state index in [1.165, 1.54) is 10.9 Å². The standard InChI is InChI=1S/C14H19FN2S/c1-3-17(2)7-6-16-10-13-9-11-8-12(15)4-5-14(11)18-13/h4-5,8-9,16H,3,6-7,10H2,1-2H3. The lowest BCUT2D eigenvalue weighted by molar-refractivity contribution is 0.349. The van der Waals surface area contributed by atoms with Gasteiger partial charge >= 0.3 is 0 Å². The van der Waals surface area contributed by atoms with Crippen molar-refractivity contribution in [3.05, 3.63) is 35.0 Å². The van der Waals surface area contributed by atoms with E-state index in [2.05, 4.69) is 30.3 Å². The van der Waals surface area contributed by atoms with E-state index in [0.29, 0.717) is 0 Å². The first-order chi connectivity index (χ1) is 8.69. The second kappa shape index (κ2) is 6.27. The Labute approximate surface area is 111 Å². The van der Waals surface area contributed by atoms with Crippen molar-refractivity contribution >= 4 is 21.4 Å². The molecule has 0 aliphatic heterocycles. The van der Waals surface area contributed by atoms with Gasteiger partial charge in [0.1, 0.15) is 5.82 Å². The molecule has 0 unspecified atom stereocenters. The predicted octanol–water partition coefficient (Wildman–Crippen LogP) is 3.08. The molecular formula is C14H19FN2S. The van der Waals surface area contributed by atoms with Gasteiger partial charge in [0.2, 0.25) is 0 Å². The fourth-order valence-corrected chi connectivity index (χ4v) is 2.81. The Morgan fingerprint density at radius 1 is 1.33 bits per heavy atom. The molecule has 0 spiro atoms. The second-order valence-corrected chi connectivity index (χ2v) is 5.64. The summed E-state index contributed by atoms with van der Waals surface area (Å²) in [4.78, 5) is 3.53. The Morgan fingerprint density at radius 3 is 2.94 bits per heavy atom. The van der Waals surface area contributed by atoms with E-state index in [1.54, 1.807) is 17.4 Å². The molecule has 2 rings (SSSR count). The maximum absolute atomic E-state index is 13.1. The van der Waals surface area contributed by atoms with Gasteiger partial charge in [-0.25, -0.2) is 4.39 Å². The Kier molecular flexibility index (Phi) is 4.69. The highest BCUT2D eigenvalue weighted by atomic mass is 32.1. The highest BCUT2D eigenvalue weighted by molar-refractivity contribution is 7.19. The van der Waals surface area contributed by atoms with Gasteiger partial charge in [0.15, 0.2) is 0 Å². The molecule has 0 amide bonds. The van der Waals surface area contributed by atoms with Crippen molar-refractivity contribution in [1.29, 1.82) is 0 Å². The largest absolute Gasteiger partial charge is 0.311 e. The summed E-state index contributed by atoms with van der Waals surface area (Å²) in [7, 11) is 2.11. The zero-order chi connectivity index (χ0) is 13.0. The van der Waals surface area contributed by atoms with Gasteiger partial charge in [-0.1, -0.05) is 6.92 Å². The minimum Gasteiger partial charge on any atom is -0.311 e. The highest BCUT2D eigenvalue weighted by Gasteiger charge is 2.02. The third kappa shape index (κ3) is 3.51. The minimum atomic E-state index is -0.163. The summed E-state index contributed by atoms with van der Waals surface area (Å²) in [5, 5.41) is 4.42. The van der Waals surface area contributed by atoms with Crippen molar-refractivity contribution in [1.82, 2.24) is 10.2 Å². The van der Waals surface area contributed by atoms with Gasteiger partial charge in [-0.2, -0.15) is 0 Å². The molecule has 1 N–H and O–H groups in total. The number of nitrogens with one attached hydrogen (secondary N) is 1. The molecule has 0 fully saturated rings. The lowest BCUT2D eigenvalue weighted by Gasteiger charge is -2.13. The second-order valence-electron chi connectivity index (χ2n) is 4.47. The predicted molar refractivity (Wildman–Crippen MR) is 76.7 cm³/mol. The smallest absolute Gasteiger partial charge is 0.123 e. The van der Waals surface area contributed by atoms with Gasteiger partial charge in [-0.05, 0) is 43.2 Å². The van der Waals surface area contributed by atoms with E-state index in [0.717, 1.165) is 36.3 Å². The molecule has 0 bridgehead atoms. The number of likely N-dealkylation sites (N-methyl/N-ethyl adjacent to an activating group) is 1. The molecule has 0 atom stereocenters. The van der Waals surface area contributed by atoms with E-state index in [1.807, 2.05) is 6.07 Å². The van der Waals surface area contributed by atoms with Gasteiger partial charge in [0, 0.05) is 29.2 Å². The number of rotatable bonds is 6. The van der Waals surface area contributed by atoms with Crippen molar-refractivity contribution in [2.24, 2.45) is 0 Å². The monoisotopic (exact) mass is 266 g/mol. The highest BCUT2D eigenvalue weighted by Crippen LogP contribution is 2.25. The van der Waals surface area contributed by atoms with E-state index in [4.69, 9.17) is 0 Å². The molecular weight excluding hydrogens is 247 g/mol. The molecule has 0 aliphatic rings. The Bertz CT molecular complexity index is 509. The van der Waals surface area contributed by atoms with Gasteiger partial charge in [-0.3, -0.25) is 0 Å². The van der Waals surface area contributed by atoms with Crippen LogP contribution in [0.25, 0.3) is 10.1 Å². The summed E-state index contributed by atoms with van der Waals surface area (Å²) >= 11 is 1.73. The third-order valence-corrected chi connectivity index (χ3v) is 4.15. The summed E-state index contributed by atoms with van der Waals surface area (Å²) in [5.74, 6) is -0.163. The first-order valence-electron chi connectivity index (χ1n) is 6.26. The SMILES string of the molecule is CCN(C)CCNCc1cc2cc(F)ccc2s1. The number of nitrogens with zero attached hydrogens (tertiary/aromatic N) is 1. The van der Waals surface area contributed by atoms with Crippen LogP contribution >= 0.6 is 11.3 Å². The molecule has 1 aromatic heterocycles. The fourth-order valence-electron chi connectivity index (χ4n) is 1.80. The van der Waals surface area contributed by atoms with Crippen LogP contribution in [0, 0.1) is 5.82 Å². The van der Waals surface area contributed by atoms with Gasteiger partial charge in [-0.15, -0.1) is 11.3 Å². The quantitative estimate of drug-likeness (QED) is 0.808. The van der Waals surface area contributed by atoms with E-state index >= 15 is 0 Å². The van der Waals surface area contributed by atoms with E-state index in [9.17, 15) is 4.39 Å². The first-order valence-corrected chi connectivity index (χ1v) is 7.08. The van der Waals surface area contributed by atoms with Crippen molar-refractivity contribution in [2.75, 3.05) is 26.7 Å². The maximum atomic E-state index is 13.1. The zero-order valence-corrected chi connectivity index (χ0v) is 11.7. The molecule has 2 aromatic rings. The number of thiophene rings is 1. The third-order valence-electron chi connectivity index (χ3n) is 3.04. The summed E-state index contributed by atoms with van der Waals surface area (Å²) in [5.41, 5.74) is 0. The minimum absolute atomic E-state index is 0.163. The van der Waals surface area contributed by atoms with Crippen LogP contribution in [0.2, 0.25) is 0 Å². The molecule has 4 heteroatoms. The summed E-state index contributed by atoms with van der Waals surface area (Å²) in [6.07, 6.45) is 0. The lowest BCUT2D eigenvalue weighted by atomic mass is 10.2. The van der Waals surface area contributed by atoms with Crippen LogP contribution in [-0.2, 0) is 6.54 Å². The summed E-state index contributed by atoms with van der Waals surface area (Å²) in [6.45, 7) is 6.12. The van der Waals surface area contributed by atoms with Gasteiger partial charge < -0.3 is 10.2 Å². The van der Waals surface area contributed by atoms with Crippen LogP contribution in [0.1, 0.15) is 11.8 Å². The molecule has 0 saturated carbocycles. The average molecular weight is 266 g/mol.